The van der Waals surface area contributed by atoms with Gasteiger partial charge in [0.15, 0.2) is 0 Å². The van der Waals surface area contributed by atoms with Gasteiger partial charge < -0.3 is 5.32 Å². The molecule has 5 nitrogen and oxygen atoms in total. The molecule has 190 valence electrons. The monoisotopic (exact) mass is 512 g/mol. The molecule has 6 heteroatoms. The van der Waals surface area contributed by atoms with Gasteiger partial charge in [-0.3, -0.25) is 9.10 Å². The van der Waals surface area contributed by atoms with Crippen molar-refractivity contribution in [3.05, 3.63) is 130 Å². The Morgan fingerprint density at radius 3 is 1.92 bits per heavy atom. The molecule has 4 aromatic carbocycles. The average molecular weight is 513 g/mol. The fraction of sp³-hybridized carbons (Fsp3) is 0.194. The second-order valence-electron chi connectivity index (χ2n) is 9.37. The van der Waals surface area contributed by atoms with Gasteiger partial charge in [-0.15, -0.1) is 0 Å². The number of carbonyl (C=O) groups excluding carboxylic acids is 1. The first kappa shape index (κ1) is 26.2. The number of rotatable bonds is 8. The number of anilines is 1. The summed E-state index contributed by atoms with van der Waals surface area (Å²) >= 11 is 0. The van der Waals surface area contributed by atoms with E-state index in [4.69, 9.17) is 0 Å². The van der Waals surface area contributed by atoms with Crippen LogP contribution in [0.25, 0.3) is 0 Å². The molecule has 4 aromatic rings. The Balaban J connectivity index is 1.72. The third kappa shape index (κ3) is 5.92. The molecule has 0 aliphatic carbocycles. The van der Waals surface area contributed by atoms with Crippen LogP contribution < -0.4 is 9.62 Å². The van der Waals surface area contributed by atoms with E-state index in [9.17, 15) is 13.2 Å². The minimum absolute atomic E-state index is 0.143. The molecule has 0 aliphatic rings. The summed E-state index contributed by atoms with van der Waals surface area (Å²) in [4.78, 5) is 13.7. The van der Waals surface area contributed by atoms with Gasteiger partial charge in [0.1, 0.15) is 6.54 Å². The van der Waals surface area contributed by atoms with E-state index in [2.05, 4.69) is 5.32 Å². The second-order valence-corrected chi connectivity index (χ2v) is 11.2. The van der Waals surface area contributed by atoms with Crippen LogP contribution in [0.15, 0.2) is 102 Å². The third-order valence-electron chi connectivity index (χ3n) is 6.59. The molecule has 0 aromatic heterocycles. The molecule has 0 saturated heterocycles. The highest BCUT2D eigenvalue weighted by Gasteiger charge is 2.29. The number of hydrogen-bond donors (Lipinski definition) is 1. The first-order valence-corrected chi connectivity index (χ1v) is 13.7. The molecule has 0 fully saturated rings. The summed E-state index contributed by atoms with van der Waals surface area (Å²) in [5.41, 5.74) is 6.16. The second kappa shape index (κ2) is 11.0. The van der Waals surface area contributed by atoms with Crippen LogP contribution in [0.2, 0.25) is 0 Å². The van der Waals surface area contributed by atoms with Crippen LogP contribution in [0.1, 0.15) is 39.4 Å². The summed E-state index contributed by atoms with van der Waals surface area (Å²) in [5.74, 6) is -0.397. The van der Waals surface area contributed by atoms with Crippen LogP contribution in [0.4, 0.5) is 5.69 Å². The van der Waals surface area contributed by atoms with Crippen LogP contribution in [0.3, 0.4) is 0 Å². The number of nitrogens with one attached hydrogen (secondary N) is 1. The molecule has 37 heavy (non-hydrogen) atoms. The van der Waals surface area contributed by atoms with Crippen molar-refractivity contribution >= 4 is 21.6 Å². The van der Waals surface area contributed by atoms with Gasteiger partial charge in [-0.1, -0.05) is 90.0 Å². The summed E-state index contributed by atoms with van der Waals surface area (Å²) in [5, 5.41) is 3.09. The maximum Gasteiger partial charge on any atom is 0.264 e. The fourth-order valence-corrected chi connectivity index (χ4v) is 5.72. The van der Waals surface area contributed by atoms with E-state index in [0.717, 1.165) is 33.4 Å². The first-order chi connectivity index (χ1) is 17.7. The van der Waals surface area contributed by atoms with E-state index in [1.54, 1.807) is 30.3 Å². The van der Waals surface area contributed by atoms with E-state index < -0.39 is 22.0 Å². The number of aryl methyl sites for hydroxylation is 3. The van der Waals surface area contributed by atoms with E-state index >= 15 is 0 Å². The predicted octanol–water partition coefficient (Wildman–Crippen LogP) is 6.02. The SMILES string of the molecule is Cc1ccc([C@H](NC(=O)CN(c2cccc(C)c2C)S(=O)(=O)c2ccc(C)cc2)c2ccccc2)cc1. The van der Waals surface area contributed by atoms with Gasteiger partial charge in [0.05, 0.1) is 16.6 Å². The molecule has 1 N–H and O–H groups in total. The van der Waals surface area contributed by atoms with Crippen LogP contribution in [-0.2, 0) is 14.8 Å². The Hall–Kier alpha value is -3.90. The Morgan fingerprint density at radius 1 is 0.730 bits per heavy atom. The van der Waals surface area contributed by atoms with Crippen molar-refractivity contribution in [1.29, 1.82) is 0 Å². The molecule has 0 heterocycles. The van der Waals surface area contributed by atoms with Gasteiger partial charge in [-0.05, 0) is 68.1 Å². The Bertz CT molecular complexity index is 1480. The summed E-state index contributed by atoms with van der Waals surface area (Å²) in [6, 6.07) is 29.4. The molecule has 1 atom stereocenters. The Kier molecular flexibility index (Phi) is 7.79. The molecular formula is C31H32N2O3S. The minimum atomic E-state index is -4.00. The Morgan fingerprint density at radius 2 is 1.30 bits per heavy atom. The van der Waals surface area contributed by atoms with Gasteiger partial charge in [0.2, 0.25) is 5.91 Å². The summed E-state index contributed by atoms with van der Waals surface area (Å²) in [6.07, 6.45) is 0. The normalized spacial score (nSPS) is 12.1. The van der Waals surface area contributed by atoms with Crippen LogP contribution in [0, 0.1) is 27.7 Å². The maximum absolute atomic E-state index is 13.9. The van der Waals surface area contributed by atoms with E-state index in [-0.39, 0.29) is 11.4 Å². The lowest BCUT2D eigenvalue weighted by atomic mass is 9.98. The van der Waals surface area contributed by atoms with Crippen LogP contribution in [-0.4, -0.2) is 20.9 Å². The summed E-state index contributed by atoms with van der Waals surface area (Å²) < 4.78 is 28.9. The van der Waals surface area contributed by atoms with E-state index in [0.29, 0.717) is 5.69 Å². The quantitative estimate of drug-likeness (QED) is 0.314. The van der Waals surface area contributed by atoms with Gasteiger partial charge in [-0.25, -0.2) is 8.42 Å². The molecule has 4 rings (SSSR count). The molecule has 0 bridgehead atoms. The van der Waals surface area contributed by atoms with Crippen molar-refractivity contribution in [2.24, 2.45) is 0 Å². The summed E-state index contributed by atoms with van der Waals surface area (Å²) in [6.45, 7) is 7.37. The predicted molar refractivity (Wildman–Crippen MR) is 149 cm³/mol. The number of benzene rings is 4. The average Bonchev–Trinajstić information content (AvgIpc) is 2.89. The molecular weight excluding hydrogens is 480 g/mol. The number of carbonyl (C=O) groups is 1. The highest BCUT2D eigenvalue weighted by molar-refractivity contribution is 7.92. The first-order valence-electron chi connectivity index (χ1n) is 12.2. The number of amides is 1. The minimum Gasteiger partial charge on any atom is -0.344 e. The van der Waals surface area contributed by atoms with Crippen molar-refractivity contribution in [3.8, 4) is 0 Å². The summed E-state index contributed by atoms with van der Waals surface area (Å²) in [7, 11) is -4.00. The molecule has 0 aliphatic heterocycles. The highest BCUT2D eigenvalue weighted by atomic mass is 32.2. The third-order valence-corrected chi connectivity index (χ3v) is 8.36. The lowest BCUT2D eigenvalue weighted by molar-refractivity contribution is -0.120. The number of nitrogens with zero attached hydrogens (tertiary/aromatic N) is 1. The standard InChI is InChI=1S/C31H32N2O3S/c1-22-13-17-27(18-14-22)31(26-10-6-5-7-11-26)32-30(34)21-33(29-12-8-9-24(3)25(29)4)37(35,36)28-19-15-23(2)16-20-28/h5-20,31H,21H2,1-4H3,(H,32,34)/t31-/m1/s1. The van der Waals surface area contributed by atoms with Gasteiger partial charge in [0.25, 0.3) is 10.0 Å². The zero-order valence-electron chi connectivity index (χ0n) is 21.6. The lowest BCUT2D eigenvalue weighted by Gasteiger charge is -2.28. The zero-order chi connectivity index (χ0) is 26.6. The maximum atomic E-state index is 13.9. The van der Waals surface area contributed by atoms with Crippen molar-refractivity contribution < 1.29 is 13.2 Å². The van der Waals surface area contributed by atoms with Gasteiger partial charge >= 0.3 is 0 Å². The highest BCUT2D eigenvalue weighted by Crippen LogP contribution is 2.29. The van der Waals surface area contributed by atoms with Gasteiger partial charge in [-0.2, -0.15) is 0 Å². The molecule has 0 spiro atoms. The van der Waals surface area contributed by atoms with Crippen molar-refractivity contribution in [1.82, 2.24) is 5.32 Å². The lowest BCUT2D eigenvalue weighted by Crippen LogP contribution is -2.42. The Labute approximate surface area is 219 Å². The number of sulfonamides is 1. The molecule has 1 amide bonds. The van der Waals surface area contributed by atoms with Gasteiger partial charge in [0, 0.05) is 0 Å². The number of hydrogen-bond acceptors (Lipinski definition) is 3. The topological polar surface area (TPSA) is 66.5 Å². The molecule has 0 saturated carbocycles. The largest absolute Gasteiger partial charge is 0.344 e. The zero-order valence-corrected chi connectivity index (χ0v) is 22.4. The molecule has 0 unspecified atom stereocenters. The van der Waals surface area contributed by atoms with Crippen LogP contribution in [0.5, 0.6) is 0 Å². The van der Waals surface area contributed by atoms with Crippen molar-refractivity contribution in [3.63, 3.8) is 0 Å². The van der Waals surface area contributed by atoms with Crippen molar-refractivity contribution in [2.45, 2.75) is 38.6 Å². The molecule has 0 radical (unpaired) electrons. The fourth-order valence-electron chi connectivity index (χ4n) is 4.24. The van der Waals surface area contributed by atoms with Crippen molar-refractivity contribution in [2.75, 3.05) is 10.8 Å². The van der Waals surface area contributed by atoms with Crippen LogP contribution >= 0.6 is 0 Å². The van der Waals surface area contributed by atoms with E-state index in [1.807, 2.05) is 94.4 Å². The van der Waals surface area contributed by atoms with E-state index in [1.165, 1.54) is 4.31 Å². The smallest absolute Gasteiger partial charge is 0.264 e.